The first-order valence-corrected chi connectivity index (χ1v) is 10.1. The molecule has 152 valence electrons. The van der Waals surface area contributed by atoms with Gasteiger partial charge in [0, 0.05) is 12.2 Å². The highest BCUT2D eigenvalue weighted by molar-refractivity contribution is 5.77. The number of carboxylic acids is 1. The third kappa shape index (κ3) is 5.49. The van der Waals surface area contributed by atoms with Crippen LogP contribution in [0, 0.1) is 11.3 Å². The van der Waals surface area contributed by atoms with Gasteiger partial charge in [-0.15, -0.1) is 0 Å². The molecule has 29 heavy (non-hydrogen) atoms. The van der Waals surface area contributed by atoms with Gasteiger partial charge < -0.3 is 20.0 Å². The Hall–Kier alpha value is -3.04. The van der Waals surface area contributed by atoms with Crippen molar-refractivity contribution in [2.75, 3.05) is 31.6 Å². The Morgan fingerprint density at radius 1 is 1.24 bits per heavy atom. The number of carbonyl (C=O) groups excluding carboxylic acids is 1. The van der Waals surface area contributed by atoms with Gasteiger partial charge in [0.15, 0.2) is 0 Å². The molecule has 0 spiro atoms. The average Bonchev–Trinajstić information content (AvgIpc) is 3.26. The molecule has 1 aliphatic rings. The quantitative estimate of drug-likeness (QED) is 0.705. The van der Waals surface area contributed by atoms with E-state index in [2.05, 4.69) is 10.2 Å². The molecule has 0 aliphatic carbocycles. The van der Waals surface area contributed by atoms with E-state index in [0.717, 1.165) is 37.4 Å². The lowest BCUT2D eigenvalue weighted by molar-refractivity contribution is -0.307. The van der Waals surface area contributed by atoms with Crippen LogP contribution in [0.25, 0.3) is 0 Å². The number of nitrogens with zero attached hydrogens (tertiary/aromatic N) is 2. The number of rotatable bonds is 9. The second-order valence-corrected chi connectivity index (χ2v) is 7.20. The highest BCUT2D eigenvalue weighted by Gasteiger charge is 2.16. The van der Waals surface area contributed by atoms with Crippen LogP contribution in [-0.4, -0.2) is 37.1 Å². The Balaban J connectivity index is 1.70. The van der Waals surface area contributed by atoms with Gasteiger partial charge in [-0.25, -0.2) is 0 Å². The number of nitriles is 1. The second-order valence-electron chi connectivity index (χ2n) is 7.20. The van der Waals surface area contributed by atoms with Crippen molar-refractivity contribution in [2.45, 2.75) is 32.2 Å². The zero-order valence-electron chi connectivity index (χ0n) is 16.7. The summed E-state index contributed by atoms with van der Waals surface area (Å²) in [4.78, 5) is 14.2. The number of carbonyl (C=O) groups is 1. The van der Waals surface area contributed by atoms with E-state index in [1.807, 2.05) is 25.1 Å². The van der Waals surface area contributed by atoms with E-state index in [1.165, 1.54) is 12.8 Å². The number of ether oxygens (including phenoxy) is 1. The van der Waals surface area contributed by atoms with Crippen molar-refractivity contribution in [3.63, 3.8) is 0 Å². The number of likely N-dealkylation sites (tertiary alicyclic amines) is 1. The van der Waals surface area contributed by atoms with Gasteiger partial charge in [-0.05, 0) is 79.9 Å². The molecule has 0 saturated carbocycles. The number of nitrogens with one attached hydrogen (secondary N) is 1. The summed E-state index contributed by atoms with van der Waals surface area (Å²) in [6.07, 6.45) is 3.25. The first-order chi connectivity index (χ1) is 14.1. The molecule has 1 N–H and O–H groups in total. The van der Waals surface area contributed by atoms with Gasteiger partial charge in [0.1, 0.15) is 12.4 Å². The van der Waals surface area contributed by atoms with Crippen LogP contribution in [-0.2, 0) is 11.2 Å². The highest BCUT2D eigenvalue weighted by Crippen LogP contribution is 2.26. The third-order valence-electron chi connectivity index (χ3n) is 5.22. The molecule has 0 aromatic heterocycles. The lowest BCUT2D eigenvalue weighted by atomic mass is 10.0. The zero-order valence-corrected chi connectivity index (χ0v) is 16.7. The number of hydrogen-bond acceptors (Lipinski definition) is 6. The van der Waals surface area contributed by atoms with Crippen LogP contribution in [0.3, 0.4) is 0 Å². The number of anilines is 1. The summed E-state index contributed by atoms with van der Waals surface area (Å²) >= 11 is 0. The molecule has 0 amide bonds. The molecule has 0 bridgehead atoms. The van der Waals surface area contributed by atoms with Gasteiger partial charge in [0.05, 0.1) is 23.6 Å². The minimum Gasteiger partial charge on any atom is -0.548 e. The summed E-state index contributed by atoms with van der Waals surface area (Å²) < 4.78 is 5.97. The van der Waals surface area contributed by atoms with E-state index in [9.17, 15) is 9.90 Å². The summed E-state index contributed by atoms with van der Waals surface area (Å²) in [7, 11) is 0. The monoisotopic (exact) mass is 392 g/mol. The van der Waals surface area contributed by atoms with Crippen LogP contribution in [0.1, 0.15) is 42.5 Å². The van der Waals surface area contributed by atoms with Crippen molar-refractivity contribution in [1.29, 1.82) is 5.26 Å². The number of aliphatic carboxylic acids is 1. The number of benzene rings is 2. The summed E-state index contributed by atoms with van der Waals surface area (Å²) in [5.74, 6) is -0.412. The Kier molecular flexibility index (Phi) is 7.09. The molecule has 1 aliphatic heterocycles. The molecule has 0 radical (unpaired) electrons. The minimum atomic E-state index is -1.21. The topological polar surface area (TPSA) is 88.4 Å². The van der Waals surface area contributed by atoms with E-state index in [1.54, 1.807) is 30.3 Å². The Morgan fingerprint density at radius 2 is 1.97 bits per heavy atom. The molecule has 2 aromatic carbocycles. The summed E-state index contributed by atoms with van der Waals surface area (Å²) in [6.45, 7) is 5.83. The molecule has 6 heteroatoms. The summed E-state index contributed by atoms with van der Waals surface area (Å²) in [6, 6.07) is 13.2. The van der Waals surface area contributed by atoms with Crippen LogP contribution in [0.2, 0.25) is 0 Å². The normalized spacial score (nSPS) is 14.9. The van der Waals surface area contributed by atoms with E-state index < -0.39 is 12.0 Å². The van der Waals surface area contributed by atoms with Crippen LogP contribution in [0.15, 0.2) is 42.5 Å². The third-order valence-corrected chi connectivity index (χ3v) is 5.22. The predicted molar refractivity (Wildman–Crippen MR) is 110 cm³/mol. The Labute approximate surface area is 171 Å². The molecule has 1 atom stereocenters. The molecule has 1 heterocycles. The largest absolute Gasteiger partial charge is 0.548 e. The number of aryl methyl sites for hydroxylation is 1. The zero-order chi connectivity index (χ0) is 20.6. The van der Waals surface area contributed by atoms with Crippen molar-refractivity contribution >= 4 is 11.7 Å². The van der Waals surface area contributed by atoms with E-state index in [0.29, 0.717) is 23.4 Å². The molecule has 2 aromatic rings. The maximum absolute atomic E-state index is 11.8. The SMILES string of the molecule is CCc1cc(C(Nc2ccc(C#N)cc2)C(=O)[O-])ccc1OCCN1CCCC1. The number of hydrogen-bond donors (Lipinski definition) is 1. The van der Waals surface area contributed by atoms with E-state index >= 15 is 0 Å². The van der Waals surface area contributed by atoms with Gasteiger partial charge in [0.25, 0.3) is 0 Å². The molecule has 1 unspecified atom stereocenters. The maximum Gasteiger partial charge on any atom is 0.122 e. The molecule has 3 rings (SSSR count). The lowest BCUT2D eigenvalue weighted by Gasteiger charge is -2.23. The molecular weight excluding hydrogens is 366 g/mol. The molecule has 1 saturated heterocycles. The Bertz CT molecular complexity index is 868. The Morgan fingerprint density at radius 3 is 2.59 bits per heavy atom. The second kappa shape index (κ2) is 9.94. The van der Waals surface area contributed by atoms with Crippen molar-refractivity contribution in [3.05, 3.63) is 59.2 Å². The van der Waals surface area contributed by atoms with Gasteiger partial charge in [0.2, 0.25) is 0 Å². The minimum absolute atomic E-state index is 0.518. The van der Waals surface area contributed by atoms with E-state index in [-0.39, 0.29) is 0 Å². The van der Waals surface area contributed by atoms with Crippen molar-refractivity contribution < 1.29 is 14.6 Å². The van der Waals surface area contributed by atoms with E-state index in [4.69, 9.17) is 10.00 Å². The van der Waals surface area contributed by atoms with Crippen molar-refractivity contribution in [3.8, 4) is 11.8 Å². The van der Waals surface area contributed by atoms with Crippen LogP contribution < -0.4 is 15.2 Å². The van der Waals surface area contributed by atoms with Gasteiger partial charge in [-0.1, -0.05) is 13.0 Å². The molecule has 1 fully saturated rings. The molecule has 6 nitrogen and oxygen atoms in total. The summed E-state index contributed by atoms with van der Waals surface area (Å²) in [5, 5.41) is 23.6. The first-order valence-electron chi connectivity index (χ1n) is 10.1. The van der Waals surface area contributed by atoms with Crippen LogP contribution in [0.5, 0.6) is 5.75 Å². The number of carboxylic acid groups (broad SMARTS) is 1. The molecular formula is C23H26N3O3-. The van der Waals surface area contributed by atoms with Crippen LogP contribution in [0.4, 0.5) is 5.69 Å². The van der Waals surface area contributed by atoms with Crippen molar-refractivity contribution in [2.24, 2.45) is 0 Å². The smallest absolute Gasteiger partial charge is 0.122 e. The fraction of sp³-hybridized carbons (Fsp3) is 0.391. The fourth-order valence-electron chi connectivity index (χ4n) is 3.57. The van der Waals surface area contributed by atoms with Gasteiger partial charge >= 0.3 is 0 Å². The maximum atomic E-state index is 11.8. The van der Waals surface area contributed by atoms with Crippen LogP contribution >= 0.6 is 0 Å². The fourth-order valence-corrected chi connectivity index (χ4v) is 3.57. The van der Waals surface area contributed by atoms with Gasteiger partial charge in [-0.2, -0.15) is 5.26 Å². The highest BCUT2D eigenvalue weighted by atomic mass is 16.5. The first kappa shape index (κ1) is 20.7. The van der Waals surface area contributed by atoms with Gasteiger partial charge in [-0.3, -0.25) is 4.90 Å². The standard InChI is InChI=1S/C23H27N3O3/c1-2-18-15-19(7-10-21(18)29-14-13-26-11-3-4-12-26)22(23(27)28)25-20-8-5-17(16-24)6-9-20/h5-10,15,22,25H,2-4,11-14H2,1H3,(H,27,28)/p-1. The predicted octanol–water partition coefficient (Wildman–Crippen LogP) is 2.50. The van der Waals surface area contributed by atoms with Crippen molar-refractivity contribution in [1.82, 2.24) is 4.90 Å². The average molecular weight is 392 g/mol. The summed E-state index contributed by atoms with van der Waals surface area (Å²) in [5.41, 5.74) is 2.71. The lowest BCUT2D eigenvalue weighted by Crippen LogP contribution is -2.34.